The summed E-state index contributed by atoms with van der Waals surface area (Å²) in [6.45, 7) is 0. The summed E-state index contributed by atoms with van der Waals surface area (Å²) in [5.41, 5.74) is -0.200. The molecule has 0 aliphatic heterocycles. The minimum absolute atomic E-state index is 0.0136. The largest absolute Gasteiger partial charge is 0.416 e. The molecule has 0 fully saturated rings. The monoisotopic (exact) mass is 460 g/mol. The van der Waals surface area contributed by atoms with Crippen molar-refractivity contribution in [1.82, 2.24) is 9.36 Å². The first-order chi connectivity index (χ1) is 14.7. The summed E-state index contributed by atoms with van der Waals surface area (Å²) in [4.78, 5) is 3.78. The fourth-order valence-electron chi connectivity index (χ4n) is 3.10. The Kier molecular flexibility index (Phi) is 5.12. The van der Waals surface area contributed by atoms with Gasteiger partial charge in [0.05, 0.1) is 22.1 Å². The number of nitrogens with zero attached hydrogens (tertiary/aromatic N) is 3. The lowest BCUT2D eigenvalue weighted by molar-refractivity contribution is -0.137. The van der Waals surface area contributed by atoms with Crippen molar-refractivity contribution < 1.29 is 21.6 Å². The Morgan fingerprint density at radius 1 is 1.03 bits per heavy atom. The first-order valence-electron chi connectivity index (χ1n) is 8.63. The van der Waals surface area contributed by atoms with Crippen LogP contribution in [-0.2, 0) is 16.2 Å². The van der Waals surface area contributed by atoms with E-state index < -0.39 is 21.8 Å². The lowest BCUT2D eigenvalue weighted by Gasteiger charge is -2.13. The molecule has 156 valence electrons. The molecular formula is C20H11F3N4O2S2. The second-order valence-electron chi connectivity index (χ2n) is 6.41. The number of anilines is 1. The number of hydrogen-bond donors (Lipinski definition) is 1. The smallest absolute Gasteiger partial charge is 0.253 e. The highest BCUT2D eigenvalue weighted by Crippen LogP contribution is 2.36. The van der Waals surface area contributed by atoms with Crippen LogP contribution in [0.3, 0.4) is 0 Å². The van der Waals surface area contributed by atoms with Crippen LogP contribution in [0, 0.1) is 11.3 Å². The summed E-state index contributed by atoms with van der Waals surface area (Å²) >= 11 is 0.893. The van der Waals surface area contributed by atoms with Crippen LogP contribution < -0.4 is 4.72 Å². The second-order valence-corrected chi connectivity index (χ2v) is 8.87. The second kappa shape index (κ2) is 7.64. The van der Waals surface area contributed by atoms with Crippen LogP contribution in [0.25, 0.3) is 21.9 Å². The van der Waals surface area contributed by atoms with Crippen molar-refractivity contribution in [3.05, 3.63) is 72.1 Å². The maximum Gasteiger partial charge on any atom is 0.416 e. The summed E-state index contributed by atoms with van der Waals surface area (Å²) in [5, 5.41) is 10.7. The predicted molar refractivity (Wildman–Crippen MR) is 110 cm³/mol. The van der Waals surface area contributed by atoms with Gasteiger partial charge < -0.3 is 0 Å². The van der Waals surface area contributed by atoms with Gasteiger partial charge in [0.1, 0.15) is 6.33 Å². The van der Waals surface area contributed by atoms with Crippen LogP contribution in [0.2, 0.25) is 0 Å². The lowest BCUT2D eigenvalue weighted by Crippen LogP contribution is -2.12. The van der Waals surface area contributed by atoms with E-state index in [1.807, 2.05) is 6.07 Å². The number of benzene rings is 3. The first-order valence-corrected chi connectivity index (χ1v) is 10.9. The Morgan fingerprint density at radius 3 is 2.52 bits per heavy atom. The summed E-state index contributed by atoms with van der Waals surface area (Å²) in [5.74, 6) is 0. The third kappa shape index (κ3) is 4.08. The fourth-order valence-corrected chi connectivity index (χ4v) is 4.80. The molecule has 0 unspecified atom stereocenters. The lowest BCUT2D eigenvalue weighted by atomic mass is 9.94. The van der Waals surface area contributed by atoms with Gasteiger partial charge in [0.25, 0.3) is 10.0 Å². The predicted octanol–water partition coefficient (Wildman–Crippen LogP) is 5.05. The quantitative estimate of drug-likeness (QED) is 0.460. The Labute approximate surface area is 178 Å². The molecular weight excluding hydrogens is 449 g/mol. The van der Waals surface area contributed by atoms with Crippen molar-refractivity contribution in [3.63, 3.8) is 0 Å². The number of aromatic nitrogens is 2. The van der Waals surface area contributed by atoms with E-state index in [4.69, 9.17) is 0 Å². The minimum atomic E-state index is -4.56. The van der Waals surface area contributed by atoms with Gasteiger partial charge in [0, 0.05) is 17.1 Å². The molecule has 6 nitrogen and oxygen atoms in total. The van der Waals surface area contributed by atoms with E-state index in [1.54, 1.807) is 24.3 Å². The first kappa shape index (κ1) is 20.8. The number of halogens is 3. The molecule has 0 aliphatic carbocycles. The topological polar surface area (TPSA) is 95.7 Å². The van der Waals surface area contributed by atoms with E-state index in [2.05, 4.69) is 14.1 Å². The van der Waals surface area contributed by atoms with Crippen LogP contribution in [0.4, 0.5) is 18.3 Å². The van der Waals surface area contributed by atoms with Gasteiger partial charge in [-0.15, -0.1) is 0 Å². The highest BCUT2D eigenvalue weighted by atomic mass is 32.2. The van der Waals surface area contributed by atoms with Crippen molar-refractivity contribution in [2.75, 3.05) is 4.72 Å². The number of hydrogen-bond acceptors (Lipinski definition) is 6. The standard InChI is InChI=1S/C20H11F3N4O2S2/c21-20(22,23)14-4-6-17(13(8-14)10-24)18-3-1-2-12-9-15(5-7-16(12)18)31(28,29)27-19-25-11-26-30-19/h1-9,11H,(H,25,26,27). The molecule has 0 atom stereocenters. The highest BCUT2D eigenvalue weighted by molar-refractivity contribution is 7.93. The Hall–Kier alpha value is -3.49. The van der Waals surface area contributed by atoms with E-state index in [1.165, 1.54) is 24.5 Å². The van der Waals surface area contributed by atoms with Gasteiger partial charge in [-0.25, -0.2) is 13.4 Å². The molecule has 0 bridgehead atoms. The molecule has 0 amide bonds. The molecule has 1 N–H and O–H groups in total. The van der Waals surface area contributed by atoms with E-state index in [0.29, 0.717) is 21.9 Å². The minimum Gasteiger partial charge on any atom is -0.253 e. The van der Waals surface area contributed by atoms with Crippen molar-refractivity contribution in [3.8, 4) is 17.2 Å². The molecule has 31 heavy (non-hydrogen) atoms. The van der Waals surface area contributed by atoms with Crippen molar-refractivity contribution in [2.45, 2.75) is 11.1 Å². The number of sulfonamides is 1. The van der Waals surface area contributed by atoms with Crippen LogP contribution >= 0.6 is 11.5 Å². The molecule has 4 aromatic rings. The van der Waals surface area contributed by atoms with Gasteiger partial charge in [-0.1, -0.05) is 30.3 Å². The Balaban J connectivity index is 1.81. The number of nitrogens with one attached hydrogen (secondary N) is 1. The van der Waals surface area contributed by atoms with E-state index >= 15 is 0 Å². The van der Waals surface area contributed by atoms with Gasteiger partial charge in [-0.2, -0.15) is 22.8 Å². The van der Waals surface area contributed by atoms with E-state index in [9.17, 15) is 26.9 Å². The molecule has 4 rings (SSSR count). The van der Waals surface area contributed by atoms with Gasteiger partial charge in [-0.05, 0) is 40.6 Å². The highest BCUT2D eigenvalue weighted by Gasteiger charge is 2.31. The van der Waals surface area contributed by atoms with Crippen molar-refractivity contribution in [2.24, 2.45) is 0 Å². The van der Waals surface area contributed by atoms with Crippen LogP contribution in [-0.4, -0.2) is 17.8 Å². The molecule has 11 heteroatoms. The van der Waals surface area contributed by atoms with Gasteiger partial charge in [-0.3, -0.25) is 4.72 Å². The average Bonchev–Trinajstić information content (AvgIpc) is 3.24. The zero-order valence-corrected chi connectivity index (χ0v) is 17.0. The van der Waals surface area contributed by atoms with Crippen LogP contribution in [0.15, 0.2) is 65.8 Å². The van der Waals surface area contributed by atoms with Gasteiger partial charge in [0.2, 0.25) is 5.13 Å². The maximum atomic E-state index is 13.0. The maximum absolute atomic E-state index is 13.0. The molecule has 0 saturated carbocycles. The summed E-state index contributed by atoms with van der Waals surface area (Å²) in [6, 6.07) is 14.1. The van der Waals surface area contributed by atoms with Gasteiger partial charge >= 0.3 is 6.18 Å². The van der Waals surface area contributed by atoms with E-state index in [0.717, 1.165) is 23.7 Å². The SMILES string of the molecule is N#Cc1cc(C(F)(F)F)ccc1-c1cccc2cc(S(=O)(=O)Nc3ncns3)ccc12. The number of nitriles is 1. The molecule has 1 aromatic heterocycles. The van der Waals surface area contributed by atoms with Crippen molar-refractivity contribution >= 4 is 37.5 Å². The number of alkyl halides is 3. The van der Waals surface area contributed by atoms with Crippen LogP contribution in [0.1, 0.15) is 11.1 Å². The van der Waals surface area contributed by atoms with Gasteiger partial charge in [0.15, 0.2) is 0 Å². The summed E-state index contributed by atoms with van der Waals surface area (Å²) in [6.07, 6.45) is -3.34. The average molecular weight is 460 g/mol. The number of fused-ring (bicyclic) bond motifs is 1. The zero-order chi connectivity index (χ0) is 22.2. The molecule has 1 heterocycles. The third-order valence-corrected chi connectivity index (χ3v) is 6.55. The van der Waals surface area contributed by atoms with E-state index in [-0.39, 0.29) is 15.6 Å². The fraction of sp³-hybridized carbons (Fsp3) is 0.0500. The zero-order valence-electron chi connectivity index (χ0n) is 15.4. The summed E-state index contributed by atoms with van der Waals surface area (Å²) in [7, 11) is -3.91. The molecule has 0 spiro atoms. The number of rotatable bonds is 4. The van der Waals surface area contributed by atoms with Crippen LogP contribution in [0.5, 0.6) is 0 Å². The molecule has 3 aromatic carbocycles. The van der Waals surface area contributed by atoms with Crippen molar-refractivity contribution in [1.29, 1.82) is 5.26 Å². The normalized spacial score (nSPS) is 11.9. The Bertz CT molecular complexity index is 1430. The molecule has 0 radical (unpaired) electrons. The molecule has 0 saturated heterocycles. The molecule has 0 aliphatic rings. The third-order valence-electron chi connectivity index (χ3n) is 4.50. The summed E-state index contributed by atoms with van der Waals surface area (Å²) < 4.78 is 70.3. The Morgan fingerprint density at radius 2 is 1.84 bits per heavy atom.